The number of aryl methyl sites for hydroxylation is 2. The molecule has 1 amide bonds. The van der Waals surface area contributed by atoms with E-state index in [2.05, 4.69) is 10.2 Å². The lowest BCUT2D eigenvalue weighted by Crippen LogP contribution is -2.35. The van der Waals surface area contributed by atoms with Crippen molar-refractivity contribution in [3.8, 4) is 0 Å². The number of carbonyl (C=O) groups excluding carboxylic acids is 1. The van der Waals surface area contributed by atoms with Gasteiger partial charge in [0.2, 0.25) is 15.9 Å². The molecule has 0 atom stereocenters. The molecule has 6 nitrogen and oxygen atoms in total. The second-order valence-corrected chi connectivity index (χ2v) is 10.8. The van der Waals surface area contributed by atoms with Gasteiger partial charge in [-0.2, -0.15) is 4.31 Å². The van der Waals surface area contributed by atoms with E-state index in [4.69, 9.17) is 0 Å². The van der Waals surface area contributed by atoms with Crippen LogP contribution in [-0.4, -0.2) is 45.3 Å². The molecular weight excluding hydrogens is 422 g/mol. The molecule has 0 spiro atoms. The molecule has 2 aromatic rings. The van der Waals surface area contributed by atoms with Crippen LogP contribution in [0.3, 0.4) is 0 Å². The van der Waals surface area contributed by atoms with Gasteiger partial charge < -0.3 is 10.2 Å². The summed E-state index contributed by atoms with van der Waals surface area (Å²) < 4.78 is 27.6. The second kappa shape index (κ2) is 9.08. The van der Waals surface area contributed by atoms with Gasteiger partial charge in [-0.05, 0) is 86.1 Å². The van der Waals surface area contributed by atoms with Gasteiger partial charge in [0.25, 0.3) is 0 Å². The maximum absolute atomic E-state index is 13.2. The van der Waals surface area contributed by atoms with E-state index in [1.165, 1.54) is 32.0 Å². The molecule has 1 heterocycles. The molecule has 0 bridgehead atoms. The number of sulfonamides is 1. The molecule has 1 N–H and O–H groups in total. The lowest BCUT2D eigenvalue weighted by molar-refractivity contribution is -0.116. The summed E-state index contributed by atoms with van der Waals surface area (Å²) in [6.07, 6.45) is 8.20. The van der Waals surface area contributed by atoms with Crippen molar-refractivity contribution in [1.29, 1.82) is 0 Å². The Bertz CT molecular complexity index is 1170. The third kappa shape index (κ3) is 4.59. The van der Waals surface area contributed by atoms with Crippen molar-refractivity contribution in [2.24, 2.45) is 0 Å². The summed E-state index contributed by atoms with van der Waals surface area (Å²) >= 11 is 0. The van der Waals surface area contributed by atoms with Gasteiger partial charge in [0.05, 0.1) is 11.4 Å². The number of fused-ring (bicyclic) bond motifs is 1. The number of anilines is 2. The predicted molar refractivity (Wildman–Crippen MR) is 130 cm³/mol. The van der Waals surface area contributed by atoms with Gasteiger partial charge in [-0.15, -0.1) is 0 Å². The van der Waals surface area contributed by atoms with Crippen molar-refractivity contribution in [1.82, 2.24) is 4.31 Å². The molecule has 4 rings (SSSR count). The highest BCUT2D eigenvalue weighted by Gasteiger charge is 2.28. The summed E-state index contributed by atoms with van der Waals surface area (Å²) in [6.45, 7) is 5.81. The van der Waals surface area contributed by atoms with Crippen LogP contribution in [0.15, 0.2) is 41.3 Å². The minimum Gasteiger partial charge on any atom is -0.371 e. The van der Waals surface area contributed by atoms with Gasteiger partial charge in [0.1, 0.15) is 0 Å². The molecule has 1 fully saturated rings. The molecule has 1 saturated heterocycles. The lowest BCUT2D eigenvalue weighted by Gasteiger charge is -2.30. The number of carbonyl (C=O) groups is 1. The fourth-order valence-electron chi connectivity index (χ4n) is 4.59. The Kier molecular flexibility index (Phi) is 6.40. The number of piperidine rings is 1. The molecule has 0 unspecified atom stereocenters. The number of rotatable bonds is 6. The number of benzene rings is 2. The van der Waals surface area contributed by atoms with Crippen LogP contribution in [0, 0.1) is 13.8 Å². The molecule has 32 heavy (non-hydrogen) atoms. The van der Waals surface area contributed by atoms with Crippen molar-refractivity contribution >= 4 is 33.4 Å². The van der Waals surface area contributed by atoms with Crippen LogP contribution in [0.2, 0.25) is 0 Å². The van der Waals surface area contributed by atoms with Crippen LogP contribution >= 0.6 is 0 Å². The minimum absolute atomic E-state index is 0.245. The normalized spacial score (nSPS) is 15.8. The molecule has 0 aromatic heterocycles. The third-order valence-corrected chi connectivity index (χ3v) is 8.11. The molecule has 2 aromatic carbocycles. The second-order valence-electron chi connectivity index (χ2n) is 8.80. The van der Waals surface area contributed by atoms with Crippen LogP contribution in [0.25, 0.3) is 6.08 Å². The van der Waals surface area contributed by atoms with Gasteiger partial charge in [0.15, 0.2) is 0 Å². The van der Waals surface area contributed by atoms with Crippen LogP contribution in [0.4, 0.5) is 11.4 Å². The summed E-state index contributed by atoms with van der Waals surface area (Å²) in [7, 11) is -2.32. The summed E-state index contributed by atoms with van der Waals surface area (Å²) in [5.41, 5.74) is 5.60. The fraction of sp³-hybridized carbons (Fsp3) is 0.400. The SMILES string of the molecule is Cc1cc2c(c(S(=O)(=O)N(C)CC(=O)Nc3ccc(N4CCCCC4)c(C)c3)c1)CC=C2. The number of hydrogen-bond donors (Lipinski definition) is 1. The topological polar surface area (TPSA) is 69.7 Å². The number of nitrogens with zero attached hydrogens (tertiary/aromatic N) is 2. The Labute approximate surface area is 191 Å². The van der Waals surface area contributed by atoms with E-state index in [9.17, 15) is 13.2 Å². The molecule has 2 aliphatic rings. The number of hydrogen-bond acceptors (Lipinski definition) is 4. The van der Waals surface area contributed by atoms with Crippen molar-refractivity contribution < 1.29 is 13.2 Å². The summed E-state index contributed by atoms with van der Waals surface area (Å²) in [4.78, 5) is 15.3. The van der Waals surface area contributed by atoms with Crippen LogP contribution in [0.5, 0.6) is 0 Å². The molecule has 7 heteroatoms. The lowest BCUT2D eigenvalue weighted by atomic mass is 10.1. The van der Waals surface area contributed by atoms with E-state index in [0.717, 1.165) is 39.6 Å². The Morgan fingerprint density at radius 2 is 1.84 bits per heavy atom. The average molecular weight is 454 g/mol. The Morgan fingerprint density at radius 3 is 2.56 bits per heavy atom. The largest absolute Gasteiger partial charge is 0.371 e. The highest BCUT2D eigenvalue weighted by molar-refractivity contribution is 7.89. The van der Waals surface area contributed by atoms with Crippen LogP contribution < -0.4 is 10.2 Å². The smallest absolute Gasteiger partial charge is 0.243 e. The monoisotopic (exact) mass is 453 g/mol. The molecule has 0 radical (unpaired) electrons. The van der Waals surface area contributed by atoms with Crippen molar-refractivity contribution in [3.63, 3.8) is 0 Å². The van der Waals surface area contributed by atoms with Crippen molar-refractivity contribution in [3.05, 3.63) is 58.7 Å². The molecule has 1 aliphatic heterocycles. The molecule has 0 saturated carbocycles. The van der Waals surface area contributed by atoms with Crippen LogP contribution in [-0.2, 0) is 21.2 Å². The van der Waals surface area contributed by atoms with E-state index < -0.39 is 10.0 Å². The standard InChI is InChI=1S/C25H31N3O3S/c1-18-14-20-8-7-9-22(20)24(15-18)32(30,31)27(3)17-25(29)26-21-10-11-23(19(2)16-21)28-12-5-4-6-13-28/h7-8,10-11,14-16H,4-6,9,12-13,17H2,1-3H3,(H,26,29). The summed E-state index contributed by atoms with van der Waals surface area (Å²) in [5.74, 6) is -0.358. The maximum Gasteiger partial charge on any atom is 0.243 e. The molecule has 170 valence electrons. The number of nitrogens with one attached hydrogen (secondary N) is 1. The highest BCUT2D eigenvalue weighted by Crippen LogP contribution is 2.30. The number of amides is 1. The van der Waals surface area contributed by atoms with E-state index in [0.29, 0.717) is 12.1 Å². The van der Waals surface area contributed by atoms with Gasteiger partial charge in [-0.25, -0.2) is 8.42 Å². The fourth-order valence-corrected chi connectivity index (χ4v) is 6.06. The predicted octanol–water partition coefficient (Wildman–Crippen LogP) is 4.12. The zero-order chi connectivity index (χ0) is 22.9. The van der Waals surface area contributed by atoms with E-state index in [1.807, 2.05) is 50.3 Å². The Balaban J connectivity index is 1.45. The highest BCUT2D eigenvalue weighted by atomic mass is 32.2. The maximum atomic E-state index is 13.2. The van der Waals surface area contributed by atoms with Crippen molar-refractivity contribution in [2.45, 2.75) is 44.4 Å². The zero-order valence-corrected chi connectivity index (χ0v) is 19.8. The number of likely N-dealkylation sites (N-methyl/N-ethyl adjacent to an activating group) is 1. The van der Waals surface area contributed by atoms with Crippen molar-refractivity contribution in [2.75, 3.05) is 36.9 Å². The van der Waals surface area contributed by atoms with E-state index in [-0.39, 0.29) is 17.3 Å². The van der Waals surface area contributed by atoms with E-state index >= 15 is 0 Å². The summed E-state index contributed by atoms with van der Waals surface area (Å²) in [5, 5.41) is 2.86. The van der Waals surface area contributed by atoms with Gasteiger partial charge >= 0.3 is 0 Å². The van der Waals surface area contributed by atoms with Gasteiger partial charge in [-0.1, -0.05) is 18.2 Å². The quantitative estimate of drug-likeness (QED) is 0.714. The first-order chi connectivity index (χ1) is 15.3. The number of allylic oxidation sites excluding steroid dienone is 1. The zero-order valence-electron chi connectivity index (χ0n) is 19.0. The molecular formula is C25H31N3O3S. The minimum atomic E-state index is -3.78. The first-order valence-corrected chi connectivity index (χ1v) is 12.6. The summed E-state index contributed by atoms with van der Waals surface area (Å²) in [6, 6.07) is 9.57. The Morgan fingerprint density at radius 1 is 1.09 bits per heavy atom. The van der Waals surface area contributed by atoms with E-state index in [1.54, 1.807) is 6.07 Å². The average Bonchev–Trinajstić information content (AvgIpc) is 3.22. The Hall–Kier alpha value is -2.64. The van der Waals surface area contributed by atoms with Gasteiger partial charge in [0, 0.05) is 31.5 Å². The van der Waals surface area contributed by atoms with Crippen LogP contribution in [0.1, 0.15) is 41.5 Å². The third-order valence-electron chi connectivity index (χ3n) is 6.24. The molecule has 1 aliphatic carbocycles. The first-order valence-electron chi connectivity index (χ1n) is 11.2. The first kappa shape index (κ1) is 22.6. The van der Waals surface area contributed by atoms with Gasteiger partial charge in [-0.3, -0.25) is 4.79 Å².